The molecule has 2 aromatic carbocycles. The van der Waals surface area contributed by atoms with E-state index in [0.717, 1.165) is 5.56 Å². The molecule has 0 aromatic heterocycles. The van der Waals surface area contributed by atoms with E-state index in [0.29, 0.717) is 25.1 Å². The van der Waals surface area contributed by atoms with Gasteiger partial charge in [0.05, 0.1) is 19.8 Å². The van der Waals surface area contributed by atoms with Gasteiger partial charge in [0, 0.05) is 5.25 Å². The first-order valence-electron chi connectivity index (χ1n) is 9.47. The van der Waals surface area contributed by atoms with Crippen molar-refractivity contribution >= 4 is 11.8 Å². The molecule has 144 valence electrons. The summed E-state index contributed by atoms with van der Waals surface area (Å²) in [5.74, 6) is 0. The van der Waals surface area contributed by atoms with Crippen LogP contribution in [0.1, 0.15) is 25.0 Å². The van der Waals surface area contributed by atoms with Gasteiger partial charge in [0.25, 0.3) is 0 Å². The Morgan fingerprint density at radius 2 is 1.52 bits per heavy atom. The smallest absolute Gasteiger partial charge is 0.122 e. The second kappa shape index (κ2) is 10.7. The zero-order valence-corrected chi connectivity index (χ0v) is 16.8. The third-order valence-corrected chi connectivity index (χ3v) is 5.30. The predicted molar refractivity (Wildman–Crippen MR) is 112 cm³/mol. The van der Waals surface area contributed by atoms with Gasteiger partial charge in [0.1, 0.15) is 17.6 Å². The Balaban J connectivity index is 1.57. The molecule has 0 bridgehead atoms. The third-order valence-electron chi connectivity index (χ3n) is 4.22. The summed E-state index contributed by atoms with van der Waals surface area (Å²) < 4.78 is 18.3. The number of benzene rings is 2. The van der Waals surface area contributed by atoms with E-state index in [1.807, 2.05) is 36.4 Å². The molecule has 0 saturated heterocycles. The van der Waals surface area contributed by atoms with Crippen LogP contribution in [0.3, 0.4) is 0 Å². The highest BCUT2D eigenvalue weighted by Crippen LogP contribution is 2.27. The first-order chi connectivity index (χ1) is 13.2. The van der Waals surface area contributed by atoms with Crippen molar-refractivity contribution in [2.24, 2.45) is 0 Å². The molecule has 0 radical (unpaired) electrons. The van der Waals surface area contributed by atoms with Crippen molar-refractivity contribution in [1.82, 2.24) is 0 Å². The molecule has 0 aliphatic carbocycles. The first kappa shape index (κ1) is 20.2. The second-order valence-corrected chi connectivity index (χ2v) is 8.55. The van der Waals surface area contributed by atoms with Crippen LogP contribution >= 0.6 is 11.8 Å². The van der Waals surface area contributed by atoms with Crippen LogP contribution in [0, 0.1) is 0 Å². The Bertz CT molecular complexity index is 687. The van der Waals surface area contributed by atoms with E-state index in [9.17, 15) is 0 Å². The van der Waals surface area contributed by atoms with Crippen LogP contribution in [-0.2, 0) is 27.4 Å². The Kier molecular flexibility index (Phi) is 7.96. The Morgan fingerprint density at radius 1 is 0.889 bits per heavy atom. The maximum atomic E-state index is 6.26. The summed E-state index contributed by atoms with van der Waals surface area (Å²) in [7, 11) is 0. The fourth-order valence-corrected chi connectivity index (χ4v) is 3.82. The van der Waals surface area contributed by atoms with Gasteiger partial charge in [-0.2, -0.15) is 0 Å². The van der Waals surface area contributed by atoms with Crippen LogP contribution in [0.15, 0.2) is 72.8 Å². The molecule has 1 aliphatic heterocycles. The maximum absolute atomic E-state index is 6.26. The Hall–Kier alpha value is -1.59. The molecule has 1 aliphatic rings. The molecule has 0 spiro atoms. The van der Waals surface area contributed by atoms with E-state index >= 15 is 0 Å². The van der Waals surface area contributed by atoms with Crippen molar-refractivity contribution in [1.29, 1.82) is 0 Å². The molecular formula is C23H28O3S. The average Bonchev–Trinajstić information content (AvgIpc) is 2.68. The molecule has 27 heavy (non-hydrogen) atoms. The molecule has 0 fully saturated rings. The molecule has 3 atom stereocenters. The molecule has 3 rings (SSSR count). The van der Waals surface area contributed by atoms with Crippen molar-refractivity contribution in [3.05, 3.63) is 83.9 Å². The molecule has 0 unspecified atom stereocenters. The summed E-state index contributed by atoms with van der Waals surface area (Å²) in [6.45, 7) is 6.02. The van der Waals surface area contributed by atoms with Crippen LogP contribution in [0.4, 0.5) is 0 Å². The van der Waals surface area contributed by atoms with Crippen molar-refractivity contribution in [3.63, 3.8) is 0 Å². The van der Waals surface area contributed by atoms with Crippen molar-refractivity contribution in [2.75, 3.05) is 6.61 Å². The summed E-state index contributed by atoms with van der Waals surface area (Å²) in [6, 6.07) is 20.4. The highest BCUT2D eigenvalue weighted by Gasteiger charge is 2.29. The molecular weight excluding hydrogens is 356 g/mol. The van der Waals surface area contributed by atoms with Gasteiger partial charge < -0.3 is 14.2 Å². The standard InChI is InChI=1S/C23H28O3S/c1-18(2)27-23-14-13-21(25-16-20-11-7-4-8-12-20)22(26-23)17-24-15-19-9-5-3-6-10-19/h3-14,18,21-23H,15-17H2,1-2H3/t21-,22+,23+/m0/s1. The molecule has 0 amide bonds. The zero-order valence-electron chi connectivity index (χ0n) is 16.0. The fraction of sp³-hybridized carbons (Fsp3) is 0.391. The predicted octanol–water partition coefficient (Wildman–Crippen LogP) is 5.21. The van der Waals surface area contributed by atoms with Gasteiger partial charge in [0.2, 0.25) is 0 Å². The van der Waals surface area contributed by atoms with Crippen molar-refractivity contribution in [3.8, 4) is 0 Å². The lowest BCUT2D eigenvalue weighted by Crippen LogP contribution is -2.39. The highest BCUT2D eigenvalue weighted by atomic mass is 32.2. The van der Waals surface area contributed by atoms with E-state index < -0.39 is 0 Å². The fourth-order valence-electron chi connectivity index (χ4n) is 2.90. The summed E-state index contributed by atoms with van der Waals surface area (Å²) in [5.41, 5.74) is 2.37. The molecule has 4 heteroatoms. The molecule has 3 nitrogen and oxygen atoms in total. The monoisotopic (exact) mass is 384 g/mol. The van der Waals surface area contributed by atoms with Gasteiger partial charge in [-0.1, -0.05) is 80.6 Å². The molecule has 2 aromatic rings. The minimum absolute atomic E-state index is 0.0481. The van der Waals surface area contributed by atoms with Gasteiger partial charge >= 0.3 is 0 Å². The van der Waals surface area contributed by atoms with Gasteiger partial charge in [-0.05, 0) is 17.2 Å². The number of ether oxygens (including phenoxy) is 3. The van der Waals surface area contributed by atoms with Crippen LogP contribution in [0.2, 0.25) is 0 Å². The van der Waals surface area contributed by atoms with Gasteiger partial charge in [0.15, 0.2) is 0 Å². The molecule has 1 heterocycles. The molecule has 0 saturated carbocycles. The van der Waals surface area contributed by atoms with Crippen molar-refractivity contribution < 1.29 is 14.2 Å². The van der Waals surface area contributed by atoms with E-state index in [4.69, 9.17) is 14.2 Å². The Labute approximate surface area is 166 Å². The van der Waals surface area contributed by atoms with E-state index in [-0.39, 0.29) is 17.6 Å². The van der Waals surface area contributed by atoms with E-state index in [2.05, 4.69) is 50.3 Å². The van der Waals surface area contributed by atoms with Gasteiger partial charge in [-0.15, -0.1) is 11.8 Å². The number of hydrogen-bond donors (Lipinski definition) is 0. The summed E-state index contributed by atoms with van der Waals surface area (Å²) in [5, 5.41) is 0.507. The van der Waals surface area contributed by atoms with Crippen LogP contribution < -0.4 is 0 Å². The van der Waals surface area contributed by atoms with E-state index in [1.54, 1.807) is 11.8 Å². The normalized spacial score (nSPS) is 22.3. The van der Waals surface area contributed by atoms with Crippen LogP contribution in [-0.4, -0.2) is 29.5 Å². The summed E-state index contributed by atoms with van der Waals surface area (Å²) >= 11 is 1.81. The lowest BCUT2D eigenvalue weighted by Gasteiger charge is -2.32. The lowest BCUT2D eigenvalue weighted by molar-refractivity contribution is -0.101. The van der Waals surface area contributed by atoms with Crippen LogP contribution in [0.5, 0.6) is 0 Å². The third kappa shape index (κ3) is 6.82. The molecule has 0 N–H and O–H groups in total. The lowest BCUT2D eigenvalue weighted by atomic mass is 10.1. The SMILES string of the molecule is CC(C)S[C@@H]1C=C[C@H](OCc2ccccc2)[C@@H](COCc2ccccc2)O1. The zero-order chi connectivity index (χ0) is 18.9. The van der Waals surface area contributed by atoms with Crippen LogP contribution in [0.25, 0.3) is 0 Å². The summed E-state index contributed by atoms with van der Waals surface area (Å²) in [6.07, 6.45) is 4.01. The Morgan fingerprint density at radius 3 is 2.15 bits per heavy atom. The van der Waals surface area contributed by atoms with Gasteiger partial charge in [-0.3, -0.25) is 0 Å². The topological polar surface area (TPSA) is 27.7 Å². The number of hydrogen-bond acceptors (Lipinski definition) is 4. The minimum atomic E-state index is -0.112. The van der Waals surface area contributed by atoms with Gasteiger partial charge in [-0.25, -0.2) is 0 Å². The summed E-state index contributed by atoms with van der Waals surface area (Å²) in [4.78, 5) is 0. The maximum Gasteiger partial charge on any atom is 0.122 e. The van der Waals surface area contributed by atoms with E-state index in [1.165, 1.54) is 5.56 Å². The second-order valence-electron chi connectivity index (χ2n) is 6.87. The first-order valence-corrected chi connectivity index (χ1v) is 10.4. The van der Waals surface area contributed by atoms with Crippen molar-refractivity contribution in [2.45, 2.75) is 50.0 Å². The number of rotatable bonds is 9. The quantitative estimate of drug-likeness (QED) is 0.555. The average molecular weight is 385 g/mol. The highest BCUT2D eigenvalue weighted by molar-refractivity contribution is 8.00. The largest absolute Gasteiger partial charge is 0.374 e. The minimum Gasteiger partial charge on any atom is -0.374 e. The number of thioether (sulfide) groups is 1.